The smallest absolute Gasteiger partial charge is 0.353 e. The Kier molecular flexibility index (Phi) is 7.80. The predicted octanol–water partition coefficient (Wildman–Crippen LogP) is 4.70. The van der Waals surface area contributed by atoms with Crippen molar-refractivity contribution in [2.75, 3.05) is 31.5 Å². The lowest BCUT2D eigenvalue weighted by molar-refractivity contribution is -0.383. The number of anilines is 4. The monoisotopic (exact) mass is 467 g/mol. The first-order valence-electron chi connectivity index (χ1n) is 10.3. The van der Waals surface area contributed by atoms with E-state index in [1.807, 2.05) is 13.8 Å². The molecular formula is C23H25N5O6. The van der Waals surface area contributed by atoms with Crippen LogP contribution in [0.3, 0.4) is 0 Å². The minimum absolute atomic E-state index is 0.0230. The van der Waals surface area contributed by atoms with Crippen LogP contribution in [0, 0.1) is 16.0 Å². The van der Waals surface area contributed by atoms with Gasteiger partial charge >= 0.3 is 11.7 Å². The third-order valence-electron chi connectivity index (χ3n) is 4.60. The molecule has 0 atom stereocenters. The quantitative estimate of drug-likeness (QED) is 0.245. The maximum absolute atomic E-state index is 12.1. The molecule has 0 unspecified atom stereocenters. The fourth-order valence-corrected chi connectivity index (χ4v) is 2.92. The third kappa shape index (κ3) is 5.88. The molecule has 2 aromatic carbocycles. The van der Waals surface area contributed by atoms with Gasteiger partial charge in [0.05, 0.1) is 37.0 Å². The van der Waals surface area contributed by atoms with Crippen molar-refractivity contribution in [1.82, 2.24) is 9.97 Å². The van der Waals surface area contributed by atoms with E-state index in [2.05, 4.69) is 20.6 Å². The van der Waals surface area contributed by atoms with E-state index >= 15 is 0 Å². The molecule has 11 nitrogen and oxygen atoms in total. The van der Waals surface area contributed by atoms with Crippen LogP contribution in [0.4, 0.5) is 28.7 Å². The Bertz CT molecular complexity index is 1170. The zero-order valence-electron chi connectivity index (χ0n) is 19.2. The first-order chi connectivity index (χ1) is 16.3. The lowest BCUT2D eigenvalue weighted by Gasteiger charge is -2.13. The number of nitrogens with zero attached hydrogens (tertiary/aromatic N) is 3. The molecule has 0 aliphatic heterocycles. The SMILES string of the molecule is COc1ccc(Nc2ncnc(Nc3ccc(C(=O)OCC(C)C)cc3)c2[N+](=O)[O-])c(OC)c1. The van der Waals surface area contributed by atoms with Crippen molar-refractivity contribution in [2.24, 2.45) is 5.92 Å². The molecule has 2 N–H and O–H groups in total. The number of methoxy groups -OCH3 is 2. The average molecular weight is 467 g/mol. The number of hydrogen-bond acceptors (Lipinski definition) is 10. The van der Waals surface area contributed by atoms with Crippen molar-refractivity contribution in [3.63, 3.8) is 0 Å². The van der Waals surface area contributed by atoms with Crippen molar-refractivity contribution >= 4 is 34.7 Å². The zero-order valence-corrected chi connectivity index (χ0v) is 19.2. The first-order valence-corrected chi connectivity index (χ1v) is 10.3. The van der Waals surface area contributed by atoms with Crippen molar-refractivity contribution in [2.45, 2.75) is 13.8 Å². The summed E-state index contributed by atoms with van der Waals surface area (Å²) in [5, 5.41) is 17.7. The molecule has 0 saturated heterocycles. The van der Waals surface area contributed by atoms with Gasteiger partial charge < -0.3 is 24.8 Å². The number of ether oxygens (including phenoxy) is 3. The molecule has 0 aliphatic carbocycles. The molecule has 178 valence electrons. The number of esters is 1. The second-order valence-electron chi connectivity index (χ2n) is 7.56. The van der Waals surface area contributed by atoms with Crippen LogP contribution in [-0.4, -0.2) is 41.7 Å². The fraction of sp³-hybridized carbons (Fsp3) is 0.261. The van der Waals surface area contributed by atoms with E-state index in [1.165, 1.54) is 20.5 Å². The summed E-state index contributed by atoms with van der Waals surface area (Å²) in [7, 11) is 3.00. The highest BCUT2D eigenvalue weighted by molar-refractivity contribution is 5.90. The summed E-state index contributed by atoms with van der Waals surface area (Å²) >= 11 is 0. The molecule has 3 rings (SSSR count). The molecule has 0 fully saturated rings. The van der Waals surface area contributed by atoms with Crippen LogP contribution >= 0.6 is 0 Å². The van der Waals surface area contributed by atoms with E-state index in [0.717, 1.165) is 0 Å². The van der Waals surface area contributed by atoms with Gasteiger partial charge in [-0.05, 0) is 42.3 Å². The van der Waals surface area contributed by atoms with Gasteiger partial charge in [0, 0.05) is 11.8 Å². The standard InChI is InChI=1S/C23H25N5O6/c1-14(2)12-34-23(29)15-5-7-16(8-6-15)26-21-20(28(30)31)22(25-13-24-21)27-18-10-9-17(32-3)11-19(18)33-4/h5-11,13-14H,12H2,1-4H3,(H2,24,25,26,27). The van der Waals surface area contributed by atoms with Gasteiger partial charge in [-0.1, -0.05) is 13.8 Å². The number of nitrogens with one attached hydrogen (secondary N) is 2. The van der Waals surface area contributed by atoms with E-state index in [4.69, 9.17) is 14.2 Å². The van der Waals surface area contributed by atoms with Gasteiger partial charge in [0.1, 0.15) is 17.8 Å². The molecule has 34 heavy (non-hydrogen) atoms. The van der Waals surface area contributed by atoms with Gasteiger partial charge in [-0.25, -0.2) is 14.8 Å². The summed E-state index contributed by atoms with van der Waals surface area (Å²) in [6.07, 6.45) is 1.20. The minimum atomic E-state index is -0.585. The molecule has 1 heterocycles. The number of hydrogen-bond donors (Lipinski definition) is 2. The van der Waals surface area contributed by atoms with Crippen LogP contribution in [0.25, 0.3) is 0 Å². The molecule has 0 radical (unpaired) electrons. The summed E-state index contributed by atoms with van der Waals surface area (Å²) in [6, 6.07) is 11.3. The van der Waals surface area contributed by atoms with Gasteiger partial charge in [-0.2, -0.15) is 0 Å². The number of rotatable bonds is 10. The lowest BCUT2D eigenvalue weighted by Crippen LogP contribution is -2.10. The molecule has 0 amide bonds. The van der Waals surface area contributed by atoms with Gasteiger partial charge in [0.25, 0.3) is 0 Å². The Morgan fingerprint density at radius 1 is 1.03 bits per heavy atom. The summed E-state index contributed by atoms with van der Waals surface area (Å²) in [5.41, 5.74) is 0.966. The summed E-state index contributed by atoms with van der Waals surface area (Å²) in [4.78, 5) is 31.5. The summed E-state index contributed by atoms with van der Waals surface area (Å²) in [5.74, 6) is 0.724. The van der Waals surface area contributed by atoms with Crippen LogP contribution in [0.5, 0.6) is 11.5 Å². The lowest BCUT2D eigenvalue weighted by atomic mass is 10.2. The third-order valence-corrected chi connectivity index (χ3v) is 4.60. The van der Waals surface area contributed by atoms with Gasteiger partial charge in [0.15, 0.2) is 0 Å². The van der Waals surface area contributed by atoms with Gasteiger partial charge in [0.2, 0.25) is 11.6 Å². The van der Waals surface area contributed by atoms with Crippen LogP contribution in [0.15, 0.2) is 48.8 Å². The topological polar surface area (TPSA) is 138 Å². The summed E-state index contributed by atoms with van der Waals surface area (Å²) < 4.78 is 15.7. The second-order valence-corrected chi connectivity index (χ2v) is 7.56. The van der Waals surface area contributed by atoms with Crippen LogP contribution in [-0.2, 0) is 4.74 Å². The molecule has 0 spiro atoms. The average Bonchev–Trinajstić information content (AvgIpc) is 2.83. The number of carbonyl (C=O) groups is 1. The maximum atomic E-state index is 12.1. The van der Waals surface area contributed by atoms with Crippen LogP contribution in [0.2, 0.25) is 0 Å². The number of nitro groups is 1. The Hall–Kier alpha value is -4.41. The highest BCUT2D eigenvalue weighted by Crippen LogP contribution is 2.36. The zero-order chi connectivity index (χ0) is 24.7. The normalized spacial score (nSPS) is 10.5. The first kappa shape index (κ1) is 24.2. The van der Waals surface area contributed by atoms with E-state index in [1.54, 1.807) is 42.5 Å². The van der Waals surface area contributed by atoms with Crippen LogP contribution in [0.1, 0.15) is 24.2 Å². The maximum Gasteiger partial charge on any atom is 0.353 e. The summed E-state index contributed by atoms with van der Waals surface area (Å²) in [6.45, 7) is 4.21. The van der Waals surface area contributed by atoms with Crippen molar-refractivity contribution in [1.29, 1.82) is 0 Å². The van der Waals surface area contributed by atoms with E-state index in [-0.39, 0.29) is 23.2 Å². The largest absolute Gasteiger partial charge is 0.497 e. The van der Waals surface area contributed by atoms with Crippen LogP contribution < -0.4 is 20.1 Å². The molecule has 3 aromatic rings. The van der Waals surface area contributed by atoms with Crippen molar-refractivity contribution in [3.05, 3.63) is 64.5 Å². The molecule has 1 aromatic heterocycles. The van der Waals surface area contributed by atoms with E-state index in [0.29, 0.717) is 35.0 Å². The Balaban J connectivity index is 1.85. The predicted molar refractivity (Wildman–Crippen MR) is 126 cm³/mol. The number of aromatic nitrogens is 2. The number of carbonyl (C=O) groups excluding carboxylic acids is 1. The molecule has 0 bridgehead atoms. The second kappa shape index (κ2) is 10.9. The fourth-order valence-electron chi connectivity index (χ4n) is 2.92. The van der Waals surface area contributed by atoms with E-state index in [9.17, 15) is 14.9 Å². The van der Waals surface area contributed by atoms with Crippen molar-refractivity contribution < 1.29 is 23.9 Å². The Labute approximate surface area is 196 Å². The molecule has 0 saturated carbocycles. The van der Waals surface area contributed by atoms with Crippen molar-refractivity contribution in [3.8, 4) is 11.5 Å². The molecule has 0 aliphatic rings. The molecular weight excluding hydrogens is 442 g/mol. The number of benzene rings is 2. The Morgan fingerprint density at radius 2 is 1.71 bits per heavy atom. The molecule has 11 heteroatoms. The van der Waals surface area contributed by atoms with E-state index < -0.39 is 10.9 Å². The Morgan fingerprint density at radius 3 is 2.29 bits per heavy atom. The minimum Gasteiger partial charge on any atom is -0.497 e. The highest BCUT2D eigenvalue weighted by Gasteiger charge is 2.24. The highest BCUT2D eigenvalue weighted by atomic mass is 16.6. The van der Waals surface area contributed by atoms with Gasteiger partial charge in [-0.3, -0.25) is 10.1 Å². The van der Waals surface area contributed by atoms with Gasteiger partial charge in [-0.15, -0.1) is 0 Å².